The summed E-state index contributed by atoms with van der Waals surface area (Å²) in [4.78, 5) is 62.3. The Balaban J connectivity index is 1.33. The number of nitrogens with one attached hydrogen (secondary N) is 1. The number of fused-ring (bicyclic) bond motifs is 1. The van der Waals surface area contributed by atoms with Crippen molar-refractivity contribution in [1.29, 1.82) is 0 Å². The quantitative estimate of drug-likeness (QED) is 0.532. The molecule has 1 N–H and O–H groups in total. The number of imidazole rings is 1. The lowest BCUT2D eigenvalue weighted by molar-refractivity contribution is -0.123. The summed E-state index contributed by atoms with van der Waals surface area (Å²) in [5.41, 5.74) is -0.414. The van der Waals surface area contributed by atoms with Crippen molar-refractivity contribution in [3.63, 3.8) is 0 Å². The number of para-hydroxylation sites is 1. The molecule has 4 heterocycles. The minimum absolute atomic E-state index is 0.00401. The molecule has 1 aromatic carbocycles. The van der Waals surface area contributed by atoms with Crippen molar-refractivity contribution >= 4 is 34.6 Å². The molecule has 33 heavy (non-hydrogen) atoms. The molecule has 0 radical (unpaired) electrons. The molecule has 12 heteroatoms. The Morgan fingerprint density at radius 2 is 1.70 bits per heavy atom. The van der Waals surface area contributed by atoms with Crippen molar-refractivity contribution < 1.29 is 14.0 Å². The number of nitrogens with zero attached hydrogens (tertiary/aromatic N) is 6. The first-order valence-electron chi connectivity index (χ1n) is 10.5. The second kappa shape index (κ2) is 7.66. The van der Waals surface area contributed by atoms with E-state index < -0.39 is 34.9 Å². The lowest BCUT2D eigenvalue weighted by Crippen LogP contribution is -2.53. The molecule has 2 fully saturated rings. The van der Waals surface area contributed by atoms with Crippen LogP contribution in [0.25, 0.3) is 11.2 Å². The number of benzene rings is 1. The topological polar surface area (TPSA) is 117 Å². The van der Waals surface area contributed by atoms with Crippen molar-refractivity contribution in [3.05, 3.63) is 50.9 Å². The van der Waals surface area contributed by atoms with Crippen LogP contribution < -0.4 is 21.0 Å². The van der Waals surface area contributed by atoms with E-state index in [4.69, 9.17) is 0 Å². The van der Waals surface area contributed by atoms with Gasteiger partial charge in [0.05, 0.1) is 18.2 Å². The van der Waals surface area contributed by atoms with Crippen LogP contribution in [0.1, 0.15) is 6.42 Å². The molecule has 2 aromatic heterocycles. The largest absolute Gasteiger partial charge is 0.340 e. The lowest BCUT2D eigenvalue weighted by atomic mass is 10.2. The Hall–Kier alpha value is -3.80. The maximum Gasteiger partial charge on any atom is 0.332 e. The number of anilines is 2. The van der Waals surface area contributed by atoms with Crippen molar-refractivity contribution in [3.8, 4) is 0 Å². The summed E-state index contributed by atoms with van der Waals surface area (Å²) in [7, 11) is 2.96. The first kappa shape index (κ1) is 21.1. The first-order chi connectivity index (χ1) is 15.8. The van der Waals surface area contributed by atoms with Gasteiger partial charge in [-0.2, -0.15) is 4.98 Å². The number of piperazine rings is 1. The summed E-state index contributed by atoms with van der Waals surface area (Å²) in [5.74, 6) is -1.01. The van der Waals surface area contributed by atoms with Gasteiger partial charge in [-0.15, -0.1) is 0 Å². The molecular weight excluding hydrogens is 433 g/mol. The maximum absolute atomic E-state index is 14.2. The summed E-state index contributed by atoms with van der Waals surface area (Å²) in [6, 6.07) is 5.08. The summed E-state index contributed by atoms with van der Waals surface area (Å²) in [6.45, 7) is 1.93. The molecule has 2 aliphatic heterocycles. The zero-order chi connectivity index (χ0) is 23.4. The van der Waals surface area contributed by atoms with Crippen LogP contribution in [0.15, 0.2) is 33.9 Å². The molecule has 11 nitrogen and oxygen atoms in total. The van der Waals surface area contributed by atoms with Crippen LogP contribution in [0.2, 0.25) is 0 Å². The van der Waals surface area contributed by atoms with Gasteiger partial charge in [0, 0.05) is 40.3 Å². The minimum atomic E-state index is -0.650. The number of aromatic nitrogens is 4. The van der Waals surface area contributed by atoms with Crippen LogP contribution in [0.5, 0.6) is 0 Å². The van der Waals surface area contributed by atoms with E-state index in [9.17, 15) is 23.6 Å². The first-order valence-corrected chi connectivity index (χ1v) is 10.5. The Bertz CT molecular complexity index is 1400. The molecule has 0 bridgehead atoms. The summed E-state index contributed by atoms with van der Waals surface area (Å²) in [5, 5.41) is 0. The predicted molar refractivity (Wildman–Crippen MR) is 118 cm³/mol. The fourth-order valence-electron chi connectivity index (χ4n) is 4.50. The highest BCUT2D eigenvalue weighted by Gasteiger charge is 2.44. The number of imide groups is 1. The van der Waals surface area contributed by atoms with Crippen LogP contribution in [0.4, 0.5) is 16.0 Å². The molecule has 0 saturated carbocycles. The van der Waals surface area contributed by atoms with Crippen molar-refractivity contribution in [2.75, 3.05) is 36.0 Å². The van der Waals surface area contributed by atoms with E-state index in [2.05, 4.69) is 9.97 Å². The number of carbonyl (C=O) groups excluding carboxylic acids is 2. The van der Waals surface area contributed by atoms with Crippen LogP contribution in [0.3, 0.4) is 0 Å². The van der Waals surface area contributed by atoms with E-state index in [1.54, 1.807) is 13.1 Å². The molecule has 0 spiro atoms. The summed E-state index contributed by atoms with van der Waals surface area (Å²) in [6.07, 6.45) is -0.00401. The highest BCUT2D eigenvalue weighted by atomic mass is 19.1. The Morgan fingerprint density at radius 3 is 2.39 bits per heavy atom. The van der Waals surface area contributed by atoms with Crippen LogP contribution >= 0.6 is 0 Å². The Labute approximate surface area is 186 Å². The minimum Gasteiger partial charge on any atom is -0.340 e. The van der Waals surface area contributed by atoms with E-state index in [-0.39, 0.29) is 23.3 Å². The number of rotatable bonds is 3. The fourth-order valence-corrected chi connectivity index (χ4v) is 4.50. The molecule has 3 aromatic rings. The van der Waals surface area contributed by atoms with Gasteiger partial charge in [-0.3, -0.25) is 28.4 Å². The van der Waals surface area contributed by atoms with Gasteiger partial charge < -0.3 is 9.88 Å². The third kappa shape index (κ3) is 3.25. The molecule has 2 saturated heterocycles. The average Bonchev–Trinajstić information content (AvgIpc) is 3.39. The Morgan fingerprint density at radius 1 is 1.00 bits per heavy atom. The van der Waals surface area contributed by atoms with Gasteiger partial charge in [0.2, 0.25) is 11.9 Å². The van der Waals surface area contributed by atoms with Crippen LogP contribution in [0, 0.1) is 5.82 Å². The normalized spacial score (nSPS) is 19.8. The Kier molecular flexibility index (Phi) is 4.89. The number of amides is 2. The van der Waals surface area contributed by atoms with Crippen molar-refractivity contribution in [1.82, 2.24) is 24.0 Å². The van der Waals surface area contributed by atoms with Gasteiger partial charge in [0.15, 0.2) is 11.2 Å². The van der Waals surface area contributed by atoms with Gasteiger partial charge in [-0.25, -0.2) is 14.1 Å². The van der Waals surface area contributed by atoms with Gasteiger partial charge in [0.1, 0.15) is 5.82 Å². The van der Waals surface area contributed by atoms with Gasteiger partial charge in [0.25, 0.3) is 11.5 Å². The standard InChI is InChI=1S/C21H22FN7O4/c1-25-17-16(19(32)26(2)21(25)33)23-20(24-17)28-9-7-27(8-10-28)14-11-15(30)29(18(14)31)13-6-4-3-5-12(13)22/h3-6,14H,7-11H2,1-2H3,(H,23,24). The third-order valence-corrected chi connectivity index (χ3v) is 6.35. The molecule has 5 rings (SSSR count). The number of aryl methyl sites for hydroxylation is 1. The highest BCUT2D eigenvalue weighted by Crippen LogP contribution is 2.28. The fraction of sp³-hybridized carbons (Fsp3) is 0.381. The van der Waals surface area contributed by atoms with E-state index in [1.807, 2.05) is 9.80 Å². The zero-order valence-corrected chi connectivity index (χ0v) is 18.1. The number of carbonyl (C=O) groups is 2. The molecule has 0 aliphatic carbocycles. The van der Waals surface area contributed by atoms with E-state index >= 15 is 0 Å². The molecule has 2 amide bonds. The van der Waals surface area contributed by atoms with Gasteiger partial charge >= 0.3 is 5.69 Å². The van der Waals surface area contributed by atoms with Gasteiger partial charge in [-0.1, -0.05) is 12.1 Å². The second-order valence-corrected chi connectivity index (χ2v) is 8.23. The number of aromatic amines is 1. The lowest BCUT2D eigenvalue weighted by Gasteiger charge is -2.36. The van der Waals surface area contributed by atoms with Gasteiger partial charge in [-0.05, 0) is 12.1 Å². The zero-order valence-electron chi connectivity index (χ0n) is 18.1. The van der Waals surface area contributed by atoms with Crippen LogP contribution in [-0.4, -0.2) is 68.0 Å². The molecular formula is C21H22FN7O4. The smallest absolute Gasteiger partial charge is 0.332 e. The molecule has 2 aliphatic rings. The number of H-pyrrole nitrogens is 1. The van der Waals surface area contributed by atoms with Crippen LogP contribution in [-0.2, 0) is 23.7 Å². The van der Waals surface area contributed by atoms with E-state index in [0.29, 0.717) is 32.1 Å². The molecule has 1 unspecified atom stereocenters. The van der Waals surface area contributed by atoms with Crippen molar-refractivity contribution in [2.45, 2.75) is 12.5 Å². The second-order valence-electron chi connectivity index (χ2n) is 8.23. The van der Waals surface area contributed by atoms with Crippen molar-refractivity contribution in [2.24, 2.45) is 14.1 Å². The third-order valence-electron chi connectivity index (χ3n) is 6.35. The highest BCUT2D eigenvalue weighted by molar-refractivity contribution is 6.22. The molecule has 172 valence electrons. The predicted octanol–water partition coefficient (Wildman–Crippen LogP) is -0.446. The van der Waals surface area contributed by atoms with E-state index in [1.165, 1.54) is 29.8 Å². The summed E-state index contributed by atoms with van der Waals surface area (Å²) < 4.78 is 16.5. The number of halogens is 1. The average molecular weight is 455 g/mol. The number of hydrogen-bond acceptors (Lipinski definition) is 7. The summed E-state index contributed by atoms with van der Waals surface area (Å²) >= 11 is 0. The monoisotopic (exact) mass is 455 g/mol. The maximum atomic E-state index is 14.2. The number of hydrogen-bond donors (Lipinski definition) is 1. The molecule has 1 atom stereocenters. The SMILES string of the molecule is Cn1c(=O)c2[nH]c(N3CCN(C4CC(=O)N(c5ccccc5F)C4=O)CC3)nc2n(C)c1=O. The van der Waals surface area contributed by atoms with E-state index in [0.717, 1.165) is 9.47 Å².